The van der Waals surface area contributed by atoms with Crippen LogP contribution in [0.2, 0.25) is 0 Å². The minimum Gasteiger partial charge on any atom is -0.497 e. The molecule has 2 atom stereocenters. The van der Waals surface area contributed by atoms with Gasteiger partial charge < -0.3 is 14.6 Å². The molecule has 3 aromatic rings. The number of likely N-dealkylation sites (tertiary alicyclic amines) is 1. The van der Waals surface area contributed by atoms with Crippen molar-refractivity contribution in [3.63, 3.8) is 0 Å². The zero-order chi connectivity index (χ0) is 20.9. The average molecular weight is 401 g/mol. The van der Waals surface area contributed by atoms with E-state index in [1.54, 1.807) is 7.11 Å². The second-order valence-electron chi connectivity index (χ2n) is 8.84. The molecule has 4 nitrogen and oxygen atoms in total. The van der Waals surface area contributed by atoms with Crippen molar-refractivity contribution in [3.8, 4) is 5.75 Å². The Morgan fingerprint density at radius 1 is 1.30 bits per heavy atom. The van der Waals surface area contributed by atoms with Crippen LogP contribution in [0.5, 0.6) is 5.75 Å². The van der Waals surface area contributed by atoms with Crippen LogP contribution in [-0.2, 0) is 23.1 Å². The van der Waals surface area contributed by atoms with Gasteiger partial charge in [0.1, 0.15) is 5.75 Å². The number of ether oxygens (including phenoxy) is 1. The van der Waals surface area contributed by atoms with Crippen molar-refractivity contribution in [2.75, 3.05) is 20.2 Å². The highest BCUT2D eigenvalue weighted by molar-refractivity contribution is 5.87. The summed E-state index contributed by atoms with van der Waals surface area (Å²) in [6.07, 6.45) is 4.32. The Hall–Kier alpha value is -3.01. The van der Waals surface area contributed by atoms with E-state index in [0.717, 1.165) is 38.1 Å². The second-order valence-corrected chi connectivity index (χ2v) is 8.84. The molecule has 0 bridgehead atoms. The fourth-order valence-electron chi connectivity index (χ4n) is 5.68. The van der Waals surface area contributed by atoms with Crippen molar-refractivity contribution in [2.24, 2.45) is 5.92 Å². The Bertz CT molecular complexity index is 1150. The van der Waals surface area contributed by atoms with Gasteiger partial charge in [0.15, 0.2) is 0 Å². The van der Waals surface area contributed by atoms with Gasteiger partial charge in [-0.15, -0.1) is 0 Å². The van der Waals surface area contributed by atoms with Gasteiger partial charge in [0.25, 0.3) is 0 Å². The van der Waals surface area contributed by atoms with E-state index in [4.69, 9.17) is 4.74 Å². The number of aromatic nitrogens is 1. The monoisotopic (exact) mass is 400 g/mol. The van der Waals surface area contributed by atoms with Crippen LogP contribution in [-0.4, -0.2) is 36.0 Å². The van der Waals surface area contributed by atoms with Crippen LogP contribution in [0.15, 0.2) is 55.1 Å². The van der Waals surface area contributed by atoms with E-state index in [1.165, 1.54) is 39.4 Å². The molecule has 1 unspecified atom stereocenters. The molecule has 1 amide bonds. The SMILES string of the molecule is C=CC(=O)N1CC[C@]2(c3cccc(OC)c3)Cc3[nH]c4cc(C)ccc4c3CC2C1. The van der Waals surface area contributed by atoms with Gasteiger partial charge in [0.05, 0.1) is 7.11 Å². The van der Waals surface area contributed by atoms with Crippen LogP contribution < -0.4 is 4.74 Å². The number of nitrogens with one attached hydrogen (secondary N) is 1. The second kappa shape index (κ2) is 7.05. The fourth-order valence-corrected chi connectivity index (χ4v) is 5.68. The van der Waals surface area contributed by atoms with E-state index in [9.17, 15) is 4.79 Å². The topological polar surface area (TPSA) is 45.3 Å². The molecule has 30 heavy (non-hydrogen) atoms. The van der Waals surface area contributed by atoms with Gasteiger partial charge in [-0.2, -0.15) is 0 Å². The molecule has 154 valence electrons. The zero-order valence-electron chi connectivity index (χ0n) is 17.7. The number of methoxy groups -OCH3 is 1. The maximum atomic E-state index is 12.4. The van der Waals surface area contributed by atoms with Gasteiger partial charge in [0, 0.05) is 35.1 Å². The van der Waals surface area contributed by atoms with E-state index in [2.05, 4.69) is 54.9 Å². The normalized spacial score (nSPS) is 23.0. The zero-order valence-corrected chi connectivity index (χ0v) is 17.7. The van der Waals surface area contributed by atoms with Crippen molar-refractivity contribution in [3.05, 3.63) is 77.5 Å². The Morgan fingerprint density at radius 3 is 2.97 bits per heavy atom. The first kappa shape index (κ1) is 19.0. The molecular weight excluding hydrogens is 372 g/mol. The maximum absolute atomic E-state index is 12.4. The summed E-state index contributed by atoms with van der Waals surface area (Å²) in [6.45, 7) is 7.36. The van der Waals surface area contributed by atoms with Crippen molar-refractivity contribution in [1.82, 2.24) is 9.88 Å². The van der Waals surface area contributed by atoms with Crippen LogP contribution in [0.1, 0.15) is 28.8 Å². The third-order valence-corrected chi connectivity index (χ3v) is 7.27. The molecular formula is C26H28N2O2. The van der Waals surface area contributed by atoms with Gasteiger partial charge in [-0.25, -0.2) is 0 Å². The number of carbonyl (C=O) groups is 1. The minimum atomic E-state index is -0.00455. The quantitative estimate of drug-likeness (QED) is 0.655. The number of amides is 1. The van der Waals surface area contributed by atoms with E-state index in [1.807, 2.05) is 11.0 Å². The van der Waals surface area contributed by atoms with Crippen molar-refractivity contribution in [2.45, 2.75) is 31.6 Å². The first-order valence-corrected chi connectivity index (χ1v) is 10.7. The number of nitrogens with zero attached hydrogens (tertiary/aromatic N) is 1. The molecule has 1 aliphatic carbocycles. The number of aryl methyl sites for hydroxylation is 1. The number of aromatic amines is 1. The van der Waals surface area contributed by atoms with Gasteiger partial charge in [-0.05, 0) is 73.1 Å². The van der Waals surface area contributed by atoms with Crippen LogP contribution in [0.4, 0.5) is 0 Å². The molecule has 0 radical (unpaired) electrons. The Morgan fingerprint density at radius 2 is 2.17 bits per heavy atom. The Kier molecular flexibility index (Phi) is 4.46. The summed E-state index contributed by atoms with van der Waals surface area (Å²) < 4.78 is 5.54. The average Bonchev–Trinajstić information content (AvgIpc) is 3.12. The molecule has 2 aromatic carbocycles. The number of benzene rings is 2. The van der Waals surface area contributed by atoms with Gasteiger partial charge in [0.2, 0.25) is 5.91 Å². The molecule has 1 aliphatic heterocycles. The lowest BCUT2D eigenvalue weighted by molar-refractivity contribution is -0.129. The molecule has 0 spiro atoms. The lowest BCUT2D eigenvalue weighted by Gasteiger charge is -2.51. The summed E-state index contributed by atoms with van der Waals surface area (Å²) in [6, 6.07) is 15.2. The molecule has 2 heterocycles. The van der Waals surface area contributed by atoms with Crippen LogP contribution in [0.3, 0.4) is 0 Å². The predicted octanol–water partition coefficient (Wildman–Crippen LogP) is 4.56. The first-order chi connectivity index (χ1) is 14.5. The van der Waals surface area contributed by atoms with E-state index >= 15 is 0 Å². The number of hydrogen-bond acceptors (Lipinski definition) is 2. The Balaban J connectivity index is 1.64. The first-order valence-electron chi connectivity index (χ1n) is 10.7. The lowest BCUT2D eigenvalue weighted by atomic mass is 9.58. The van der Waals surface area contributed by atoms with Gasteiger partial charge in [-0.3, -0.25) is 4.79 Å². The fraction of sp³-hybridized carbons (Fsp3) is 0.346. The standard InChI is InChI=1S/C26H28N2O2/c1-4-25(29)28-11-10-26(18-6-5-7-20(13-18)30-3)15-24-22(14-19(26)16-28)21-9-8-17(2)12-23(21)27-24/h4-9,12-13,19,27H,1,10-11,14-16H2,2-3H3/t19?,26-/m1/s1. The summed E-state index contributed by atoms with van der Waals surface area (Å²) in [5.41, 5.74) is 6.56. The molecule has 1 N–H and O–H groups in total. The summed E-state index contributed by atoms with van der Waals surface area (Å²) >= 11 is 0. The van der Waals surface area contributed by atoms with Crippen molar-refractivity contribution >= 4 is 16.8 Å². The van der Waals surface area contributed by atoms with Gasteiger partial charge in [-0.1, -0.05) is 30.8 Å². The van der Waals surface area contributed by atoms with E-state index < -0.39 is 0 Å². The van der Waals surface area contributed by atoms with Gasteiger partial charge >= 0.3 is 0 Å². The lowest BCUT2D eigenvalue weighted by Crippen LogP contribution is -2.54. The smallest absolute Gasteiger partial charge is 0.245 e. The number of H-pyrrole nitrogens is 1. The molecule has 2 aliphatic rings. The third-order valence-electron chi connectivity index (χ3n) is 7.27. The maximum Gasteiger partial charge on any atom is 0.245 e. The summed E-state index contributed by atoms with van der Waals surface area (Å²) in [5, 5.41) is 1.32. The highest BCUT2D eigenvalue weighted by Crippen LogP contribution is 2.49. The molecule has 1 saturated heterocycles. The minimum absolute atomic E-state index is 0.00455. The number of rotatable bonds is 3. The van der Waals surface area contributed by atoms with Crippen molar-refractivity contribution in [1.29, 1.82) is 0 Å². The summed E-state index contributed by atoms with van der Waals surface area (Å²) in [4.78, 5) is 18.1. The Labute approximate surface area is 177 Å². The molecule has 5 rings (SSSR count). The number of fused-ring (bicyclic) bond motifs is 4. The highest BCUT2D eigenvalue weighted by Gasteiger charge is 2.48. The summed E-state index contributed by atoms with van der Waals surface area (Å²) in [5.74, 6) is 1.29. The van der Waals surface area contributed by atoms with Crippen molar-refractivity contribution < 1.29 is 9.53 Å². The highest BCUT2D eigenvalue weighted by atomic mass is 16.5. The largest absolute Gasteiger partial charge is 0.497 e. The number of hydrogen-bond donors (Lipinski definition) is 1. The molecule has 4 heteroatoms. The summed E-state index contributed by atoms with van der Waals surface area (Å²) in [7, 11) is 1.72. The van der Waals surface area contributed by atoms with Crippen LogP contribution in [0, 0.1) is 12.8 Å². The van der Waals surface area contributed by atoms with E-state index in [0.29, 0.717) is 5.92 Å². The molecule has 0 saturated carbocycles. The molecule has 1 aromatic heterocycles. The van der Waals surface area contributed by atoms with Crippen LogP contribution in [0.25, 0.3) is 10.9 Å². The number of carbonyl (C=O) groups excluding carboxylic acids is 1. The third kappa shape index (κ3) is 2.85. The van der Waals surface area contributed by atoms with E-state index in [-0.39, 0.29) is 11.3 Å². The number of piperidine rings is 1. The van der Waals surface area contributed by atoms with Crippen LogP contribution >= 0.6 is 0 Å². The predicted molar refractivity (Wildman–Crippen MR) is 120 cm³/mol. The molecule has 1 fully saturated rings.